The highest BCUT2D eigenvalue weighted by Crippen LogP contribution is 2.15. The third-order valence-corrected chi connectivity index (χ3v) is 2.52. The van der Waals surface area contributed by atoms with Gasteiger partial charge in [-0.1, -0.05) is 0 Å². The van der Waals surface area contributed by atoms with Crippen molar-refractivity contribution in [3.63, 3.8) is 0 Å². The van der Waals surface area contributed by atoms with Gasteiger partial charge in [0.05, 0.1) is 5.92 Å². The highest BCUT2D eigenvalue weighted by molar-refractivity contribution is 5.94. The molecule has 0 aromatic rings. The molecule has 0 amide bonds. The summed E-state index contributed by atoms with van der Waals surface area (Å²) in [6.07, 6.45) is 6.55. The second-order valence-corrected chi connectivity index (χ2v) is 3.74. The van der Waals surface area contributed by atoms with Crippen molar-refractivity contribution in [2.45, 2.75) is 13.3 Å². The van der Waals surface area contributed by atoms with E-state index in [0.29, 0.717) is 5.71 Å². The molecule has 1 rings (SSSR count). The maximum absolute atomic E-state index is 8.73. The quantitative estimate of drug-likeness (QED) is 0.553. The predicted octanol–water partition coefficient (Wildman–Crippen LogP) is 1.06. The third kappa shape index (κ3) is 3.05. The summed E-state index contributed by atoms with van der Waals surface area (Å²) < 4.78 is 0. The average molecular weight is 207 g/mol. The lowest BCUT2D eigenvalue weighted by Gasteiger charge is -2.22. The average Bonchev–Trinajstić information content (AvgIpc) is 2.25. The molecule has 0 bridgehead atoms. The first-order chi connectivity index (χ1) is 7.19. The Bertz CT molecular complexity index is 327. The molecule has 4 heteroatoms. The van der Waals surface area contributed by atoms with Gasteiger partial charge in [0.2, 0.25) is 0 Å². The van der Waals surface area contributed by atoms with Crippen LogP contribution in [-0.2, 0) is 0 Å². The summed E-state index contributed by atoms with van der Waals surface area (Å²) in [5, 5.41) is 8.73. The molecule has 0 heterocycles. The second-order valence-electron chi connectivity index (χ2n) is 3.74. The number of likely N-dealkylation sites (N-methyl/N-ethyl adjacent to an activating group) is 1. The van der Waals surface area contributed by atoms with Gasteiger partial charge in [-0.2, -0.15) is 4.79 Å². The van der Waals surface area contributed by atoms with Crippen LogP contribution in [0.5, 0.6) is 0 Å². The van der Waals surface area contributed by atoms with Crippen molar-refractivity contribution in [2.24, 2.45) is 5.92 Å². The van der Waals surface area contributed by atoms with Crippen molar-refractivity contribution < 1.29 is 9.90 Å². The summed E-state index contributed by atoms with van der Waals surface area (Å²) in [7, 11) is 1.99. The van der Waals surface area contributed by atoms with E-state index in [1.165, 1.54) is 0 Å². The van der Waals surface area contributed by atoms with Crippen LogP contribution < -0.4 is 0 Å². The maximum Gasteiger partial charge on any atom is 0.298 e. The Labute approximate surface area is 90.1 Å². The molecule has 1 unspecified atom stereocenters. The van der Waals surface area contributed by atoms with Crippen molar-refractivity contribution in [3.8, 4) is 0 Å². The van der Waals surface area contributed by atoms with E-state index in [2.05, 4.69) is 9.69 Å². The minimum absolute atomic E-state index is 0.131. The van der Waals surface area contributed by atoms with Gasteiger partial charge < -0.3 is 15.5 Å². The predicted molar refractivity (Wildman–Crippen MR) is 59.3 cm³/mol. The van der Waals surface area contributed by atoms with E-state index in [1.807, 2.05) is 32.2 Å². The molecular formula is C11H17N3O. The molecular weight excluding hydrogens is 190 g/mol. The fraction of sp³-hybridized carbons (Fsp3) is 0.545. The number of hydrogen-bond donors (Lipinski definition) is 1. The van der Waals surface area contributed by atoms with Crippen LogP contribution >= 0.6 is 0 Å². The zero-order valence-electron chi connectivity index (χ0n) is 9.22. The Morgan fingerprint density at radius 1 is 1.53 bits per heavy atom. The van der Waals surface area contributed by atoms with Gasteiger partial charge in [0.15, 0.2) is 0 Å². The van der Waals surface area contributed by atoms with Crippen LogP contribution in [0.1, 0.15) is 13.3 Å². The maximum atomic E-state index is 8.73. The molecule has 0 spiro atoms. The van der Waals surface area contributed by atoms with Gasteiger partial charge in [-0.3, -0.25) is 0 Å². The van der Waals surface area contributed by atoms with Gasteiger partial charge >= 0.3 is 0 Å². The minimum atomic E-state index is 0.131. The summed E-state index contributed by atoms with van der Waals surface area (Å²) in [4.78, 5) is 5.29. The highest BCUT2D eigenvalue weighted by Gasteiger charge is 2.18. The molecule has 0 saturated carbocycles. The topological polar surface area (TPSA) is 59.9 Å². The van der Waals surface area contributed by atoms with Crippen LogP contribution in [0.3, 0.4) is 0 Å². The summed E-state index contributed by atoms with van der Waals surface area (Å²) in [5.41, 5.74) is 10.5. The number of aliphatic hydroxyl groups is 1. The molecule has 0 aliphatic heterocycles. The minimum Gasteiger partial charge on any atom is -0.396 e. The summed E-state index contributed by atoms with van der Waals surface area (Å²) in [6.45, 7) is 3.02. The lowest BCUT2D eigenvalue weighted by molar-refractivity contribution is -0.00871. The van der Waals surface area contributed by atoms with Crippen LogP contribution in [0.25, 0.3) is 5.53 Å². The van der Waals surface area contributed by atoms with Gasteiger partial charge in [0, 0.05) is 32.0 Å². The van der Waals surface area contributed by atoms with Crippen molar-refractivity contribution in [2.75, 3.05) is 20.2 Å². The molecule has 82 valence electrons. The van der Waals surface area contributed by atoms with E-state index in [1.54, 1.807) is 0 Å². The first-order valence-corrected chi connectivity index (χ1v) is 5.13. The van der Waals surface area contributed by atoms with Crippen LogP contribution in [0.15, 0.2) is 23.9 Å². The molecule has 15 heavy (non-hydrogen) atoms. The normalized spacial score (nSPS) is 19.8. The molecule has 0 radical (unpaired) electrons. The van der Waals surface area contributed by atoms with Crippen molar-refractivity contribution in [3.05, 3.63) is 29.5 Å². The molecule has 0 fully saturated rings. The van der Waals surface area contributed by atoms with Gasteiger partial charge in [0.1, 0.15) is 0 Å². The van der Waals surface area contributed by atoms with Crippen molar-refractivity contribution in [1.29, 1.82) is 0 Å². The molecule has 4 nitrogen and oxygen atoms in total. The van der Waals surface area contributed by atoms with Crippen LogP contribution in [-0.4, -0.2) is 40.7 Å². The number of allylic oxidation sites excluding steroid dienone is 3. The monoisotopic (exact) mass is 207 g/mol. The smallest absolute Gasteiger partial charge is 0.298 e. The lowest BCUT2D eigenvalue weighted by Crippen LogP contribution is -2.23. The van der Waals surface area contributed by atoms with Crippen LogP contribution in [0.2, 0.25) is 0 Å². The highest BCUT2D eigenvalue weighted by atomic mass is 16.3. The van der Waals surface area contributed by atoms with Crippen molar-refractivity contribution >= 4 is 5.71 Å². The zero-order chi connectivity index (χ0) is 11.3. The number of rotatable bonds is 4. The summed E-state index contributed by atoms with van der Waals surface area (Å²) in [5.74, 6) is 0.131. The standard InChI is InChI=1S/C11H17N3O/c1-9-8-10(4-5-11(9)13-12)14(2)6-3-7-15/h4-5,8-9,15H,3,6-7H2,1-2H3. The van der Waals surface area contributed by atoms with Gasteiger partial charge in [-0.15, -0.1) is 0 Å². The Balaban J connectivity index is 2.66. The SMILES string of the molecule is CC1C=C(N(C)CCCO)C=CC1=[N+]=[N-]. The zero-order valence-corrected chi connectivity index (χ0v) is 9.22. The fourth-order valence-electron chi connectivity index (χ4n) is 1.54. The van der Waals surface area contributed by atoms with E-state index in [4.69, 9.17) is 10.6 Å². The first-order valence-electron chi connectivity index (χ1n) is 5.13. The Kier molecular flexibility index (Phi) is 4.28. The largest absolute Gasteiger partial charge is 0.396 e. The third-order valence-electron chi connectivity index (χ3n) is 2.52. The van der Waals surface area contributed by atoms with Gasteiger partial charge in [0.25, 0.3) is 5.71 Å². The van der Waals surface area contributed by atoms with E-state index in [9.17, 15) is 0 Å². The molecule has 0 aromatic heterocycles. The number of hydrogen-bond acceptors (Lipinski definition) is 2. The molecule has 0 aromatic carbocycles. The lowest BCUT2D eigenvalue weighted by atomic mass is 9.98. The molecule has 1 atom stereocenters. The Morgan fingerprint density at radius 3 is 2.80 bits per heavy atom. The van der Waals surface area contributed by atoms with Gasteiger partial charge in [-0.25, -0.2) is 0 Å². The van der Waals surface area contributed by atoms with Crippen LogP contribution in [0, 0.1) is 5.92 Å². The van der Waals surface area contributed by atoms with E-state index in [-0.39, 0.29) is 12.5 Å². The van der Waals surface area contributed by atoms with Gasteiger partial charge in [-0.05, 0) is 25.5 Å². The van der Waals surface area contributed by atoms with E-state index in [0.717, 1.165) is 18.7 Å². The fourth-order valence-corrected chi connectivity index (χ4v) is 1.54. The molecule has 1 N–H and O–H groups in total. The van der Waals surface area contributed by atoms with E-state index < -0.39 is 0 Å². The summed E-state index contributed by atoms with van der Waals surface area (Å²) >= 11 is 0. The van der Waals surface area contributed by atoms with Crippen molar-refractivity contribution in [1.82, 2.24) is 4.90 Å². The molecule has 1 aliphatic rings. The van der Waals surface area contributed by atoms with E-state index >= 15 is 0 Å². The first kappa shape index (κ1) is 11.7. The molecule has 1 aliphatic carbocycles. The number of aliphatic hydroxyl groups excluding tert-OH is 1. The summed E-state index contributed by atoms with van der Waals surface area (Å²) in [6, 6.07) is 0. The second kappa shape index (κ2) is 5.49. The van der Waals surface area contributed by atoms with Crippen LogP contribution in [0.4, 0.5) is 0 Å². The number of nitrogens with zero attached hydrogens (tertiary/aromatic N) is 3. The Hall–Kier alpha value is -1.38. The Morgan fingerprint density at radius 2 is 2.27 bits per heavy atom. The molecule has 0 saturated heterocycles.